The van der Waals surface area contributed by atoms with Crippen molar-refractivity contribution in [1.29, 1.82) is 0 Å². The summed E-state index contributed by atoms with van der Waals surface area (Å²) in [6.07, 6.45) is -3.48. The highest BCUT2D eigenvalue weighted by molar-refractivity contribution is 5.95. The van der Waals surface area contributed by atoms with Crippen LogP contribution in [0.25, 0.3) is 0 Å². The summed E-state index contributed by atoms with van der Waals surface area (Å²) in [5, 5.41) is 29.2. The fourth-order valence-corrected chi connectivity index (χ4v) is 4.33. The van der Waals surface area contributed by atoms with Crippen LogP contribution >= 0.6 is 0 Å². The first-order valence-corrected chi connectivity index (χ1v) is 16.9. The van der Waals surface area contributed by atoms with Gasteiger partial charge in [0.1, 0.15) is 24.2 Å². The zero-order chi connectivity index (χ0) is 41.6. The van der Waals surface area contributed by atoms with Crippen LogP contribution in [0.5, 0.6) is 0 Å². The molecule has 0 saturated heterocycles. The number of carboxylic acid groups (broad SMARTS) is 1. The van der Waals surface area contributed by atoms with Crippen molar-refractivity contribution in [3.8, 4) is 0 Å². The van der Waals surface area contributed by atoms with Gasteiger partial charge in [-0.15, -0.1) is 0 Å². The summed E-state index contributed by atoms with van der Waals surface area (Å²) in [4.78, 5) is 89.1. The Morgan fingerprint density at radius 2 is 1.26 bits per heavy atom. The second-order valence-corrected chi connectivity index (χ2v) is 13.0. The fourth-order valence-electron chi connectivity index (χ4n) is 4.33. The number of carbonyl (C=O) groups excluding carboxylic acids is 6. The number of nitrogens with zero attached hydrogens (tertiary/aromatic N) is 1. The topological polar surface area (TPSA) is 337 Å². The first-order chi connectivity index (χ1) is 24.4. The van der Waals surface area contributed by atoms with E-state index in [1.54, 1.807) is 6.92 Å². The molecule has 0 heterocycles. The average Bonchev–Trinajstić information content (AvgIpc) is 3.04. The molecule has 0 radical (unpaired) electrons. The largest absolute Gasteiger partial charge is 0.490 e. The SMILES string of the molecule is CCC(C)C(NC(=O)CNC(=O)C(CCCN=C(N)N)NC(=O)C(N)CC(C)C)C(=O)NC(CC(C)C)C(=O)NC(CO)C(N)=O.O=C(O)C(F)(F)F. The van der Waals surface area contributed by atoms with Crippen LogP contribution in [0.4, 0.5) is 13.2 Å². The van der Waals surface area contributed by atoms with E-state index in [1.165, 1.54) is 0 Å². The van der Waals surface area contributed by atoms with Crippen LogP contribution in [0, 0.1) is 17.8 Å². The van der Waals surface area contributed by atoms with Crippen molar-refractivity contribution in [1.82, 2.24) is 26.6 Å². The molecule has 22 heteroatoms. The number of hydrogen-bond donors (Lipinski definition) is 11. The van der Waals surface area contributed by atoms with Gasteiger partial charge < -0.3 is 59.7 Å². The normalized spacial score (nSPS) is 14.5. The van der Waals surface area contributed by atoms with E-state index in [1.807, 2.05) is 34.6 Å². The molecular formula is C31H57F3N10O9. The van der Waals surface area contributed by atoms with Crippen LogP contribution in [-0.2, 0) is 33.6 Å². The highest BCUT2D eigenvalue weighted by atomic mass is 19.4. The standard InChI is InChI=1S/C29H56N10O7.C2HF3O2/c1-7-17(6)23(28(46)37-20(12-16(4)5)27(45)38-21(14-40)24(31)42)39-22(41)13-35-26(44)19(9-8-10-34-29(32)33)36-25(43)18(30)11-15(2)3;3-2(4,5)1(6)7/h15-21,23,40H,7-14,30H2,1-6H3,(H2,31,42)(H,35,44)(H,36,43)(H,37,46)(H,38,45)(H,39,41)(H4,32,33,34);(H,6,7). The average molecular weight is 771 g/mol. The molecule has 53 heavy (non-hydrogen) atoms. The Kier molecular flexibility index (Phi) is 24.0. The van der Waals surface area contributed by atoms with Crippen molar-refractivity contribution in [2.45, 2.75) is 110 Å². The molecule has 0 aromatic carbocycles. The fraction of sp³-hybridized carbons (Fsp3) is 0.742. The van der Waals surface area contributed by atoms with Crippen LogP contribution in [0.15, 0.2) is 4.99 Å². The number of nitrogens with two attached hydrogens (primary N) is 4. The lowest BCUT2D eigenvalue weighted by Crippen LogP contribution is -2.59. The van der Waals surface area contributed by atoms with Gasteiger partial charge in [0.25, 0.3) is 0 Å². The van der Waals surface area contributed by atoms with Crippen molar-refractivity contribution in [3.63, 3.8) is 0 Å². The molecule has 6 atom stereocenters. The highest BCUT2D eigenvalue weighted by Gasteiger charge is 2.38. The Bertz CT molecular complexity index is 1250. The van der Waals surface area contributed by atoms with Crippen molar-refractivity contribution < 1.29 is 56.9 Å². The third-order valence-corrected chi connectivity index (χ3v) is 7.30. The molecule has 15 N–H and O–H groups in total. The van der Waals surface area contributed by atoms with Crippen LogP contribution in [0.3, 0.4) is 0 Å². The number of alkyl halides is 3. The lowest BCUT2D eigenvalue weighted by molar-refractivity contribution is -0.192. The van der Waals surface area contributed by atoms with Gasteiger partial charge in [-0.1, -0.05) is 48.0 Å². The van der Waals surface area contributed by atoms with E-state index >= 15 is 0 Å². The summed E-state index contributed by atoms with van der Waals surface area (Å²) < 4.78 is 31.7. The highest BCUT2D eigenvalue weighted by Crippen LogP contribution is 2.13. The van der Waals surface area contributed by atoms with Gasteiger partial charge in [-0.05, 0) is 43.4 Å². The number of aliphatic carboxylic acids is 1. The van der Waals surface area contributed by atoms with Crippen LogP contribution in [0.2, 0.25) is 0 Å². The van der Waals surface area contributed by atoms with Gasteiger partial charge in [-0.2, -0.15) is 13.2 Å². The maximum absolute atomic E-state index is 13.3. The molecule has 0 bridgehead atoms. The van der Waals surface area contributed by atoms with Gasteiger partial charge in [0.2, 0.25) is 35.4 Å². The van der Waals surface area contributed by atoms with Gasteiger partial charge in [-0.3, -0.25) is 33.8 Å². The molecule has 6 amide bonds. The zero-order valence-electron chi connectivity index (χ0n) is 30.9. The summed E-state index contributed by atoms with van der Waals surface area (Å²) in [6, 6.07) is -5.36. The summed E-state index contributed by atoms with van der Waals surface area (Å²) in [5.74, 6) is -7.30. The van der Waals surface area contributed by atoms with Crippen molar-refractivity contribution in [2.24, 2.45) is 45.7 Å². The molecular weight excluding hydrogens is 713 g/mol. The smallest absolute Gasteiger partial charge is 0.475 e. The van der Waals surface area contributed by atoms with E-state index in [-0.39, 0.29) is 43.1 Å². The Hall–Kier alpha value is -4.73. The second-order valence-electron chi connectivity index (χ2n) is 13.0. The summed E-state index contributed by atoms with van der Waals surface area (Å²) >= 11 is 0. The molecule has 0 aliphatic rings. The number of amides is 6. The minimum absolute atomic E-state index is 0.0446. The Balaban J connectivity index is 0. The Morgan fingerprint density at radius 3 is 1.70 bits per heavy atom. The number of carbonyl (C=O) groups is 7. The third-order valence-electron chi connectivity index (χ3n) is 7.30. The predicted octanol–water partition coefficient (Wildman–Crippen LogP) is -2.33. The Morgan fingerprint density at radius 1 is 0.755 bits per heavy atom. The van der Waals surface area contributed by atoms with Crippen LogP contribution in [-0.4, -0.2) is 114 Å². The summed E-state index contributed by atoms with van der Waals surface area (Å²) in [5.41, 5.74) is 21.9. The van der Waals surface area contributed by atoms with Crippen molar-refractivity contribution in [2.75, 3.05) is 19.7 Å². The van der Waals surface area contributed by atoms with Crippen LogP contribution in [0.1, 0.15) is 73.6 Å². The lowest BCUT2D eigenvalue weighted by Gasteiger charge is -2.28. The summed E-state index contributed by atoms with van der Waals surface area (Å²) in [7, 11) is 0. The quantitative estimate of drug-likeness (QED) is 0.0314. The molecule has 19 nitrogen and oxygen atoms in total. The third kappa shape index (κ3) is 22.7. The van der Waals surface area contributed by atoms with Gasteiger partial charge in [0, 0.05) is 6.54 Å². The molecule has 0 aliphatic heterocycles. The molecule has 0 rings (SSSR count). The van der Waals surface area contributed by atoms with E-state index in [4.69, 9.17) is 32.8 Å². The number of carboxylic acids is 1. The maximum atomic E-state index is 13.3. The first kappa shape index (κ1) is 50.4. The van der Waals surface area contributed by atoms with Crippen molar-refractivity contribution in [3.05, 3.63) is 0 Å². The monoisotopic (exact) mass is 770 g/mol. The van der Waals surface area contributed by atoms with Crippen LogP contribution < -0.4 is 49.5 Å². The van der Waals surface area contributed by atoms with E-state index in [0.717, 1.165) is 0 Å². The van der Waals surface area contributed by atoms with Gasteiger partial charge in [0.05, 0.1) is 19.2 Å². The number of rotatable bonds is 22. The number of halogens is 3. The number of aliphatic hydroxyl groups is 1. The number of hydrogen-bond acceptors (Lipinski definition) is 10. The Labute approximate surface area is 306 Å². The number of aliphatic imine (C=N–C) groups is 1. The molecule has 0 aromatic rings. The zero-order valence-corrected chi connectivity index (χ0v) is 30.9. The van der Waals surface area contributed by atoms with Gasteiger partial charge in [-0.25, -0.2) is 4.79 Å². The van der Waals surface area contributed by atoms with E-state index in [2.05, 4.69) is 31.6 Å². The molecule has 306 valence electrons. The molecule has 0 spiro atoms. The molecule has 0 fully saturated rings. The van der Waals surface area contributed by atoms with E-state index in [9.17, 15) is 47.0 Å². The van der Waals surface area contributed by atoms with Gasteiger partial charge in [0.15, 0.2) is 5.96 Å². The summed E-state index contributed by atoms with van der Waals surface area (Å²) in [6.45, 7) is 10.0. The number of guanidine groups is 1. The number of primary amides is 1. The minimum Gasteiger partial charge on any atom is -0.475 e. The second kappa shape index (κ2) is 25.3. The molecule has 6 unspecified atom stereocenters. The van der Waals surface area contributed by atoms with Crippen molar-refractivity contribution >= 4 is 47.4 Å². The first-order valence-electron chi connectivity index (χ1n) is 16.9. The van der Waals surface area contributed by atoms with Gasteiger partial charge >= 0.3 is 12.1 Å². The molecule has 0 aromatic heterocycles. The van der Waals surface area contributed by atoms with E-state index in [0.29, 0.717) is 19.3 Å². The lowest BCUT2D eigenvalue weighted by atomic mass is 9.96. The maximum Gasteiger partial charge on any atom is 0.490 e. The number of nitrogens with one attached hydrogen (secondary N) is 5. The minimum atomic E-state index is -5.08. The molecule has 0 saturated carbocycles. The number of aliphatic hydroxyl groups excluding tert-OH is 1. The molecule has 0 aliphatic carbocycles. The van der Waals surface area contributed by atoms with E-state index < -0.39 is 90.9 Å². The predicted molar refractivity (Wildman–Crippen MR) is 187 cm³/mol.